The summed E-state index contributed by atoms with van der Waals surface area (Å²) in [5, 5.41) is 13.4. The molecule has 3 rings (SSSR count). The quantitative estimate of drug-likeness (QED) is 0.685. The third-order valence-electron chi connectivity index (χ3n) is 3.45. The second-order valence-corrected chi connectivity index (χ2v) is 4.82. The van der Waals surface area contributed by atoms with Crippen LogP contribution in [0.3, 0.4) is 0 Å². The minimum atomic E-state index is -3.17. The number of aliphatic hydroxyl groups is 1. The van der Waals surface area contributed by atoms with Gasteiger partial charge in [-0.2, -0.15) is 8.78 Å². The number of fused-ring (bicyclic) bond motifs is 1. The van der Waals surface area contributed by atoms with E-state index in [2.05, 4.69) is 19.8 Å². The molecule has 2 aromatic rings. The predicted molar refractivity (Wildman–Crippen MR) is 70.2 cm³/mol. The van der Waals surface area contributed by atoms with E-state index in [1.165, 1.54) is 0 Å². The normalized spacial score (nSPS) is 27.9. The Kier molecular flexibility index (Phi) is 3.95. The molecule has 3 heterocycles. The minimum absolute atomic E-state index is 0.0642. The van der Waals surface area contributed by atoms with Crippen LogP contribution in [0.4, 0.5) is 19.0 Å². The van der Waals surface area contributed by atoms with Gasteiger partial charge < -0.3 is 26.0 Å². The lowest BCUT2D eigenvalue weighted by Crippen LogP contribution is -2.33. The molecule has 0 aromatic carbocycles. The number of nitrogen functional groups attached to an aromatic ring is 1. The standard InChI is InChI=1S/C11H13F3N6O3/c12-5-6(21)3(1-15)22-10(5)20-8-4(7(16)17-2-18-8)9(19-20)23-11(13)14/h2-3,5-6,10-11,21H,1,15H2,(H2,16,17,18)/t3-,5+,6-,10-/m1/s1. The van der Waals surface area contributed by atoms with E-state index >= 15 is 0 Å². The largest absolute Gasteiger partial charge is 0.414 e. The molecule has 0 radical (unpaired) electrons. The molecule has 12 heteroatoms. The zero-order valence-corrected chi connectivity index (χ0v) is 11.5. The van der Waals surface area contributed by atoms with Gasteiger partial charge in [-0.3, -0.25) is 0 Å². The topological polar surface area (TPSA) is 134 Å². The van der Waals surface area contributed by atoms with E-state index in [1.807, 2.05) is 0 Å². The van der Waals surface area contributed by atoms with Crippen molar-refractivity contribution < 1.29 is 27.8 Å². The van der Waals surface area contributed by atoms with Crippen molar-refractivity contribution in [1.29, 1.82) is 0 Å². The summed E-state index contributed by atoms with van der Waals surface area (Å²) in [7, 11) is 0. The lowest BCUT2D eigenvalue weighted by molar-refractivity contribution is -0.0555. The Morgan fingerprint density at radius 3 is 2.78 bits per heavy atom. The van der Waals surface area contributed by atoms with Crippen LogP contribution in [0.15, 0.2) is 6.33 Å². The average Bonchev–Trinajstić information content (AvgIpc) is 2.99. The second kappa shape index (κ2) is 5.79. The molecule has 0 bridgehead atoms. The number of aromatic nitrogens is 4. The highest BCUT2D eigenvalue weighted by atomic mass is 19.3. The van der Waals surface area contributed by atoms with Gasteiger partial charge in [-0.1, -0.05) is 0 Å². The molecule has 1 aliphatic heterocycles. The number of nitrogens with zero attached hydrogens (tertiary/aromatic N) is 4. The lowest BCUT2D eigenvalue weighted by atomic mass is 10.1. The fourth-order valence-electron chi connectivity index (χ4n) is 2.40. The molecule has 0 spiro atoms. The summed E-state index contributed by atoms with van der Waals surface area (Å²) in [6.07, 6.45) is -4.69. The Hall–Kier alpha value is -2.18. The van der Waals surface area contributed by atoms with Crippen molar-refractivity contribution >= 4 is 16.9 Å². The van der Waals surface area contributed by atoms with Gasteiger partial charge in [-0.25, -0.2) is 19.0 Å². The van der Waals surface area contributed by atoms with Gasteiger partial charge in [0, 0.05) is 6.54 Å². The molecule has 0 saturated carbocycles. The third-order valence-corrected chi connectivity index (χ3v) is 3.45. The van der Waals surface area contributed by atoms with Crippen molar-refractivity contribution in [2.45, 2.75) is 31.2 Å². The molecule has 4 atom stereocenters. The Labute approximate surface area is 127 Å². The molecule has 1 fully saturated rings. The minimum Gasteiger partial charge on any atom is -0.414 e. The summed E-state index contributed by atoms with van der Waals surface area (Å²) in [6, 6.07) is 0. The Morgan fingerprint density at radius 1 is 1.43 bits per heavy atom. The molecule has 1 aliphatic rings. The lowest BCUT2D eigenvalue weighted by Gasteiger charge is -2.13. The van der Waals surface area contributed by atoms with Crippen LogP contribution in [-0.4, -0.2) is 56.4 Å². The van der Waals surface area contributed by atoms with Gasteiger partial charge in [0.15, 0.2) is 18.0 Å². The van der Waals surface area contributed by atoms with Crippen molar-refractivity contribution in [3.8, 4) is 5.88 Å². The highest BCUT2D eigenvalue weighted by Crippen LogP contribution is 2.36. The number of hydrogen-bond acceptors (Lipinski definition) is 8. The number of aliphatic hydroxyl groups excluding tert-OH is 1. The van der Waals surface area contributed by atoms with Gasteiger partial charge in [-0.05, 0) is 0 Å². The van der Waals surface area contributed by atoms with Gasteiger partial charge in [0.05, 0.1) is 0 Å². The number of nitrogens with two attached hydrogens (primary N) is 2. The van der Waals surface area contributed by atoms with Crippen molar-refractivity contribution in [1.82, 2.24) is 19.7 Å². The fourth-order valence-corrected chi connectivity index (χ4v) is 2.40. The summed E-state index contributed by atoms with van der Waals surface area (Å²) >= 11 is 0. The van der Waals surface area contributed by atoms with Crippen molar-refractivity contribution in [3.05, 3.63) is 6.33 Å². The SMILES string of the molecule is NC[C@H]1O[C@@H](n2nc(OC(F)F)c3c(N)ncnc32)[C@@H](F)[C@@H]1O. The molecular weight excluding hydrogens is 321 g/mol. The first-order valence-electron chi connectivity index (χ1n) is 6.55. The Bertz CT molecular complexity index is 714. The molecule has 0 unspecified atom stereocenters. The Morgan fingerprint density at radius 2 is 2.17 bits per heavy atom. The van der Waals surface area contributed by atoms with E-state index in [-0.39, 0.29) is 23.4 Å². The number of alkyl halides is 3. The van der Waals surface area contributed by atoms with Crippen LogP contribution < -0.4 is 16.2 Å². The number of rotatable bonds is 4. The van der Waals surface area contributed by atoms with Crippen LogP contribution in [0.1, 0.15) is 6.23 Å². The van der Waals surface area contributed by atoms with Crippen LogP contribution in [0.2, 0.25) is 0 Å². The van der Waals surface area contributed by atoms with E-state index < -0.39 is 37.1 Å². The molecular formula is C11H13F3N6O3. The maximum Gasteiger partial charge on any atom is 0.388 e. The predicted octanol–water partition coefficient (Wildman–Crippen LogP) is -0.435. The smallest absolute Gasteiger partial charge is 0.388 e. The van der Waals surface area contributed by atoms with Crippen molar-refractivity contribution in [3.63, 3.8) is 0 Å². The summed E-state index contributed by atoms with van der Waals surface area (Å²) in [5.41, 5.74) is 10.9. The van der Waals surface area contributed by atoms with Crippen LogP contribution in [0, 0.1) is 0 Å². The molecule has 23 heavy (non-hydrogen) atoms. The second-order valence-electron chi connectivity index (χ2n) is 4.82. The van der Waals surface area contributed by atoms with Crippen molar-refractivity contribution in [2.24, 2.45) is 5.73 Å². The van der Waals surface area contributed by atoms with E-state index in [9.17, 15) is 18.3 Å². The summed E-state index contributed by atoms with van der Waals surface area (Å²) < 4.78 is 49.7. The van der Waals surface area contributed by atoms with E-state index in [4.69, 9.17) is 16.2 Å². The van der Waals surface area contributed by atoms with Gasteiger partial charge >= 0.3 is 6.61 Å². The maximum atomic E-state index is 14.2. The average molecular weight is 334 g/mol. The summed E-state index contributed by atoms with van der Waals surface area (Å²) in [6.45, 7) is -3.30. The number of anilines is 1. The summed E-state index contributed by atoms with van der Waals surface area (Å²) in [5.74, 6) is -0.726. The van der Waals surface area contributed by atoms with Crippen LogP contribution >= 0.6 is 0 Å². The number of halogens is 3. The first-order valence-corrected chi connectivity index (χ1v) is 6.55. The van der Waals surface area contributed by atoms with Crippen LogP contribution in [0.25, 0.3) is 11.0 Å². The van der Waals surface area contributed by atoms with Crippen LogP contribution in [-0.2, 0) is 4.74 Å². The zero-order valence-electron chi connectivity index (χ0n) is 11.5. The first kappa shape index (κ1) is 15.7. The highest BCUT2D eigenvalue weighted by Gasteiger charge is 2.46. The molecule has 9 nitrogen and oxygen atoms in total. The summed E-state index contributed by atoms with van der Waals surface area (Å²) in [4.78, 5) is 7.51. The van der Waals surface area contributed by atoms with Gasteiger partial charge in [-0.15, -0.1) is 5.10 Å². The third kappa shape index (κ3) is 2.54. The van der Waals surface area contributed by atoms with Gasteiger partial charge in [0.2, 0.25) is 0 Å². The molecule has 0 aliphatic carbocycles. The van der Waals surface area contributed by atoms with Crippen molar-refractivity contribution in [2.75, 3.05) is 12.3 Å². The Balaban J connectivity index is 2.10. The van der Waals surface area contributed by atoms with Gasteiger partial charge in [0.1, 0.15) is 29.7 Å². The van der Waals surface area contributed by atoms with Gasteiger partial charge in [0.25, 0.3) is 5.88 Å². The monoisotopic (exact) mass is 334 g/mol. The zero-order chi connectivity index (χ0) is 16.7. The molecule has 126 valence electrons. The first-order chi connectivity index (χ1) is 10.9. The molecule has 2 aromatic heterocycles. The fraction of sp³-hybridized carbons (Fsp3) is 0.545. The number of hydrogen-bond donors (Lipinski definition) is 3. The van der Waals surface area contributed by atoms with E-state index in [1.54, 1.807) is 0 Å². The van der Waals surface area contributed by atoms with E-state index in [0.29, 0.717) is 0 Å². The highest BCUT2D eigenvalue weighted by molar-refractivity contribution is 5.90. The molecule has 5 N–H and O–H groups in total. The van der Waals surface area contributed by atoms with E-state index in [0.717, 1.165) is 11.0 Å². The number of ether oxygens (including phenoxy) is 2. The maximum absolute atomic E-state index is 14.2. The molecule has 1 saturated heterocycles. The molecule has 0 amide bonds. The van der Waals surface area contributed by atoms with Crippen LogP contribution in [0.5, 0.6) is 5.88 Å².